The van der Waals surface area contributed by atoms with Crippen LogP contribution in [-0.2, 0) is 0 Å². The summed E-state index contributed by atoms with van der Waals surface area (Å²) in [6, 6.07) is 23.1. The largest absolute Gasteiger partial charge is 0.464 e. The number of benzene rings is 2. The molecule has 5 heteroatoms. The molecule has 3 nitrogen and oxygen atoms in total. The molecule has 0 unspecified atom stereocenters. The number of fused-ring (bicyclic) bond motifs is 3. The summed E-state index contributed by atoms with van der Waals surface area (Å²) in [6.07, 6.45) is 0.707. The molecule has 1 aromatic heterocycles. The van der Waals surface area contributed by atoms with Gasteiger partial charge in [-0.3, -0.25) is 0 Å². The Balaban J connectivity index is 1.60. The fraction of sp³-hybridized carbons (Fsp3) is 0.150. The van der Waals surface area contributed by atoms with Gasteiger partial charge in [0, 0.05) is 17.5 Å². The van der Waals surface area contributed by atoms with E-state index in [9.17, 15) is 0 Å². The maximum atomic E-state index is 6.33. The van der Waals surface area contributed by atoms with Crippen molar-refractivity contribution in [2.75, 3.05) is 0 Å². The van der Waals surface area contributed by atoms with E-state index in [0.717, 1.165) is 27.2 Å². The molecule has 3 heterocycles. The molecule has 0 fully saturated rings. The van der Waals surface area contributed by atoms with Crippen molar-refractivity contribution >= 4 is 33.0 Å². The minimum atomic E-state index is -0.193. The Morgan fingerprint density at radius 3 is 2.60 bits per heavy atom. The molecule has 0 aliphatic carbocycles. The first-order chi connectivity index (χ1) is 12.3. The summed E-state index contributed by atoms with van der Waals surface area (Å²) >= 11 is 5.28. The Bertz CT molecular complexity index is 953. The number of hydrogen-bond acceptors (Lipinski definition) is 4. The molecular weight excluding hydrogens is 396 g/mol. The first kappa shape index (κ1) is 15.2. The third kappa shape index (κ3) is 2.58. The normalized spacial score (nSPS) is 21.3. The van der Waals surface area contributed by atoms with E-state index in [1.165, 1.54) is 10.4 Å². The van der Waals surface area contributed by atoms with E-state index in [1.807, 2.05) is 24.3 Å². The lowest BCUT2D eigenvalue weighted by atomic mass is 9.98. The van der Waals surface area contributed by atoms with Crippen LogP contribution >= 0.6 is 27.3 Å². The van der Waals surface area contributed by atoms with Crippen LogP contribution in [-0.4, -0.2) is 10.7 Å². The lowest BCUT2D eigenvalue weighted by Gasteiger charge is -2.38. The molecule has 0 radical (unpaired) electrons. The van der Waals surface area contributed by atoms with E-state index in [0.29, 0.717) is 0 Å². The quantitative estimate of drug-likeness (QED) is 0.536. The zero-order chi connectivity index (χ0) is 16.8. The van der Waals surface area contributed by atoms with Gasteiger partial charge < -0.3 is 4.74 Å². The van der Waals surface area contributed by atoms with Crippen LogP contribution in [0, 0.1) is 0 Å². The second-order valence-corrected chi connectivity index (χ2v) is 8.63. The molecule has 25 heavy (non-hydrogen) atoms. The number of thiophene rings is 1. The summed E-state index contributed by atoms with van der Waals surface area (Å²) < 4.78 is 7.47. The van der Waals surface area contributed by atoms with Gasteiger partial charge in [-0.15, -0.1) is 11.3 Å². The number of nitrogens with zero attached hydrogens (tertiary/aromatic N) is 2. The topological polar surface area (TPSA) is 24.8 Å². The Morgan fingerprint density at radius 2 is 1.80 bits per heavy atom. The van der Waals surface area contributed by atoms with Crippen molar-refractivity contribution in [1.29, 1.82) is 0 Å². The maximum Gasteiger partial charge on any atom is 0.213 e. The molecule has 0 saturated heterocycles. The maximum absolute atomic E-state index is 6.33. The summed E-state index contributed by atoms with van der Waals surface area (Å²) in [4.78, 5) is 1.21. The molecule has 2 aliphatic heterocycles. The van der Waals surface area contributed by atoms with Crippen LogP contribution in [0.15, 0.2) is 75.6 Å². The number of rotatable bonds is 2. The minimum absolute atomic E-state index is 0.193. The van der Waals surface area contributed by atoms with Crippen molar-refractivity contribution < 1.29 is 4.74 Å². The van der Waals surface area contributed by atoms with E-state index in [-0.39, 0.29) is 12.3 Å². The van der Waals surface area contributed by atoms with Crippen LogP contribution in [0.4, 0.5) is 0 Å². The molecule has 0 amide bonds. The predicted octanol–water partition coefficient (Wildman–Crippen LogP) is 5.75. The van der Waals surface area contributed by atoms with Crippen molar-refractivity contribution in [2.45, 2.75) is 18.7 Å². The summed E-state index contributed by atoms with van der Waals surface area (Å²) in [5.74, 6) is 0.960. The molecular formula is C20H15BrN2OS. The minimum Gasteiger partial charge on any atom is -0.464 e. The van der Waals surface area contributed by atoms with Crippen molar-refractivity contribution in [3.05, 3.63) is 86.5 Å². The van der Waals surface area contributed by atoms with Crippen LogP contribution in [0.3, 0.4) is 0 Å². The molecule has 2 aliphatic rings. The van der Waals surface area contributed by atoms with Gasteiger partial charge in [0.1, 0.15) is 5.75 Å². The SMILES string of the molecule is Brc1ccc(C2=NN3[C@H](C2)c2ccccc2O[C@@H]3c2ccccc2)s1. The van der Waals surface area contributed by atoms with E-state index in [1.54, 1.807) is 11.3 Å². The highest BCUT2D eigenvalue weighted by Crippen LogP contribution is 2.47. The average Bonchev–Trinajstić information content (AvgIpc) is 3.28. The number of para-hydroxylation sites is 1. The first-order valence-electron chi connectivity index (χ1n) is 8.21. The number of ether oxygens (including phenoxy) is 1. The second kappa shape index (κ2) is 6.00. The Labute approximate surface area is 158 Å². The zero-order valence-electron chi connectivity index (χ0n) is 13.3. The fourth-order valence-electron chi connectivity index (χ4n) is 3.49. The zero-order valence-corrected chi connectivity index (χ0v) is 15.7. The average molecular weight is 411 g/mol. The Hall–Kier alpha value is -2.11. The number of halogens is 1. The van der Waals surface area contributed by atoms with Crippen LogP contribution in [0.5, 0.6) is 5.75 Å². The predicted molar refractivity (Wildman–Crippen MR) is 104 cm³/mol. The van der Waals surface area contributed by atoms with Gasteiger partial charge in [-0.1, -0.05) is 48.5 Å². The standard InChI is InChI=1S/C20H15BrN2OS/c21-19-11-10-18(25-19)15-12-16-14-8-4-5-9-17(14)24-20(23(16)22-15)13-6-2-1-3-7-13/h1-11,16,20H,12H2/t16-,20-/m1/s1. The summed E-state index contributed by atoms with van der Waals surface area (Å²) in [5, 5.41) is 7.09. The van der Waals surface area contributed by atoms with Gasteiger partial charge in [-0.25, -0.2) is 5.01 Å². The first-order valence-corrected chi connectivity index (χ1v) is 9.82. The Kier molecular flexibility index (Phi) is 3.64. The van der Waals surface area contributed by atoms with Gasteiger partial charge in [-0.05, 0) is 34.1 Å². The highest BCUT2D eigenvalue weighted by Gasteiger charge is 2.40. The highest BCUT2D eigenvalue weighted by atomic mass is 79.9. The van der Waals surface area contributed by atoms with Gasteiger partial charge in [0.2, 0.25) is 6.23 Å². The molecule has 0 N–H and O–H groups in total. The molecule has 2 atom stereocenters. The van der Waals surface area contributed by atoms with Gasteiger partial charge in [0.05, 0.1) is 20.4 Å². The van der Waals surface area contributed by atoms with E-state index < -0.39 is 0 Å². The van der Waals surface area contributed by atoms with E-state index in [2.05, 4.69) is 63.4 Å². The summed E-state index contributed by atoms with van der Waals surface area (Å²) in [5.41, 5.74) is 3.46. The van der Waals surface area contributed by atoms with Crippen molar-refractivity contribution in [3.8, 4) is 5.75 Å². The molecule has 0 spiro atoms. The summed E-state index contributed by atoms with van der Waals surface area (Å²) in [6.45, 7) is 0. The Morgan fingerprint density at radius 1 is 1.00 bits per heavy atom. The van der Waals surface area contributed by atoms with Crippen LogP contribution in [0.25, 0.3) is 0 Å². The number of hydrogen-bond donors (Lipinski definition) is 0. The van der Waals surface area contributed by atoms with Gasteiger partial charge in [0.25, 0.3) is 0 Å². The molecule has 5 rings (SSSR count). The van der Waals surface area contributed by atoms with E-state index >= 15 is 0 Å². The van der Waals surface area contributed by atoms with Gasteiger partial charge in [-0.2, -0.15) is 5.10 Å². The molecule has 0 saturated carbocycles. The van der Waals surface area contributed by atoms with Crippen LogP contribution < -0.4 is 4.74 Å². The monoisotopic (exact) mass is 410 g/mol. The van der Waals surface area contributed by atoms with Crippen molar-refractivity contribution in [3.63, 3.8) is 0 Å². The van der Waals surface area contributed by atoms with Crippen LogP contribution in [0.2, 0.25) is 0 Å². The third-order valence-electron chi connectivity index (χ3n) is 4.64. The fourth-order valence-corrected chi connectivity index (χ4v) is 4.87. The van der Waals surface area contributed by atoms with E-state index in [4.69, 9.17) is 9.84 Å². The number of hydrazone groups is 1. The van der Waals surface area contributed by atoms with Crippen LogP contribution in [0.1, 0.15) is 34.7 Å². The molecule has 3 aromatic rings. The van der Waals surface area contributed by atoms with Crippen molar-refractivity contribution in [1.82, 2.24) is 5.01 Å². The van der Waals surface area contributed by atoms with Gasteiger partial charge >= 0.3 is 0 Å². The smallest absolute Gasteiger partial charge is 0.213 e. The molecule has 2 aromatic carbocycles. The molecule has 0 bridgehead atoms. The second-order valence-electron chi connectivity index (χ2n) is 6.17. The highest BCUT2D eigenvalue weighted by molar-refractivity contribution is 9.11. The van der Waals surface area contributed by atoms with Gasteiger partial charge in [0.15, 0.2) is 0 Å². The summed E-state index contributed by atoms with van der Waals surface area (Å²) in [7, 11) is 0. The lowest BCUT2D eigenvalue weighted by molar-refractivity contribution is -0.0190. The lowest BCUT2D eigenvalue weighted by Crippen LogP contribution is -2.33. The third-order valence-corrected chi connectivity index (χ3v) is 6.31. The van der Waals surface area contributed by atoms with Crippen molar-refractivity contribution in [2.24, 2.45) is 5.10 Å². The molecule has 124 valence electrons.